The monoisotopic (exact) mass is 296 g/mol. The normalized spacial score (nSPS) is 21.0. The van der Waals surface area contributed by atoms with Gasteiger partial charge in [-0.15, -0.1) is 0 Å². The van der Waals surface area contributed by atoms with Gasteiger partial charge in [-0.05, 0) is 32.3 Å². The van der Waals surface area contributed by atoms with Gasteiger partial charge in [-0.3, -0.25) is 0 Å². The molecule has 20 heavy (non-hydrogen) atoms. The molecular formula is C14H20N2O3S. The summed E-state index contributed by atoms with van der Waals surface area (Å²) in [5.74, 6) is 0. The first-order chi connectivity index (χ1) is 9.52. The molecule has 0 saturated heterocycles. The zero-order valence-electron chi connectivity index (χ0n) is 11.6. The largest absolute Gasteiger partial charge is 0.390 e. The molecule has 1 aromatic rings. The van der Waals surface area contributed by atoms with Gasteiger partial charge in [0.25, 0.3) is 0 Å². The molecule has 2 heterocycles. The van der Waals surface area contributed by atoms with E-state index in [-0.39, 0.29) is 6.61 Å². The van der Waals surface area contributed by atoms with E-state index in [0.717, 1.165) is 24.8 Å². The molecule has 1 aromatic heterocycles. The maximum Gasteiger partial charge on any atom is 0.244 e. The van der Waals surface area contributed by atoms with E-state index in [1.807, 2.05) is 11.5 Å². The number of hydrogen-bond donors (Lipinski definition) is 1. The van der Waals surface area contributed by atoms with Gasteiger partial charge in [-0.2, -0.15) is 4.31 Å². The van der Waals surface area contributed by atoms with E-state index >= 15 is 0 Å². The Hall–Kier alpha value is -1.11. The van der Waals surface area contributed by atoms with E-state index in [0.29, 0.717) is 29.7 Å². The van der Waals surface area contributed by atoms with Crippen LogP contribution in [0.25, 0.3) is 0 Å². The highest BCUT2D eigenvalue weighted by Gasteiger charge is 2.31. The lowest BCUT2D eigenvalue weighted by atomic mass is 10.2. The molecule has 0 radical (unpaired) electrons. The molecule has 0 spiro atoms. The summed E-state index contributed by atoms with van der Waals surface area (Å²) >= 11 is 0. The van der Waals surface area contributed by atoms with Crippen molar-refractivity contribution in [1.82, 2.24) is 8.87 Å². The van der Waals surface area contributed by atoms with Crippen LogP contribution in [0.3, 0.4) is 0 Å². The molecule has 0 amide bonds. The smallest absolute Gasteiger partial charge is 0.244 e. The molecule has 3 rings (SSSR count). The van der Waals surface area contributed by atoms with E-state index in [1.54, 1.807) is 12.3 Å². The third kappa shape index (κ3) is 2.43. The van der Waals surface area contributed by atoms with Crippen LogP contribution < -0.4 is 0 Å². The number of hydrogen-bond acceptors (Lipinski definition) is 3. The molecular weight excluding hydrogens is 276 g/mol. The van der Waals surface area contributed by atoms with Gasteiger partial charge in [0.1, 0.15) is 4.90 Å². The Morgan fingerprint density at radius 2 is 2.15 bits per heavy atom. The number of rotatable bonds is 4. The summed E-state index contributed by atoms with van der Waals surface area (Å²) < 4.78 is 28.8. The van der Waals surface area contributed by atoms with Crippen LogP contribution in [0.15, 0.2) is 28.8 Å². The Balaban J connectivity index is 1.93. The number of aliphatic hydroxyl groups excluding tert-OH is 1. The summed E-state index contributed by atoms with van der Waals surface area (Å²) in [6, 6.07) is 1.98. The van der Waals surface area contributed by atoms with Gasteiger partial charge < -0.3 is 9.67 Å². The lowest BCUT2D eigenvalue weighted by molar-refractivity contribution is 0.270. The summed E-state index contributed by atoms with van der Waals surface area (Å²) in [4.78, 5) is 0.308. The van der Waals surface area contributed by atoms with Gasteiger partial charge in [-0.25, -0.2) is 8.42 Å². The average molecular weight is 296 g/mol. The van der Waals surface area contributed by atoms with Crippen molar-refractivity contribution in [3.8, 4) is 0 Å². The van der Waals surface area contributed by atoms with Crippen LogP contribution in [-0.4, -0.2) is 35.5 Å². The minimum absolute atomic E-state index is 0.120. The first-order valence-electron chi connectivity index (χ1n) is 7.00. The van der Waals surface area contributed by atoms with E-state index in [9.17, 15) is 13.5 Å². The molecule has 0 unspecified atom stereocenters. The molecule has 1 N–H and O–H groups in total. The lowest BCUT2D eigenvalue weighted by Crippen LogP contribution is -2.35. The molecule has 1 fully saturated rings. The Morgan fingerprint density at radius 1 is 1.40 bits per heavy atom. The molecule has 0 atom stereocenters. The number of aliphatic hydroxyl groups is 1. The predicted octanol–water partition coefficient (Wildman–Crippen LogP) is 1.66. The van der Waals surface area contributed by atoms with Crippen molar-refractivity contribution >= 4 is 10.0 Å². The van der Waals surface area contributed by atoms with Crippen molar-refractivity contribution in [3.63, 3.8) is 0 Å². The molecule has 1 saturated carbocycles. The van der Waals surface area contributed by atoms with Crippen LogP contribution in [0, 0.1) is 0 Å². The Morgan fingerprint density at radius 3 is 2.75 bits per heavy atom. The highest BCUT2D eigenvalue weighted by Crippen LogP contribution is 2.37. The summed E-state index contributed by atoms with van der Waals surface area (Å²) in [6.07, 6.45) is 6.66. The van der Waals surface area contributed by atoms with Crippen molar-refractivity contribution in [2.75, 3.05) is 13.1 Å². The number of nitrogens with zero attached hydrogens (tertiary/aromatic N) is 2. The standard InChI is InChI=1S/C14H20N2O3S/c1-11-3-2-6-15(8-11)20(18,19)14-7-13(10-17)16(9-14)12-4-5-12/h3,7,9,12,17H,2,4-6,8,10H2,1H3. The summed E-state index contributed by atoms with van der Waals surface area (Å²) in [7, 11) is -3.45. The Kier molecular flexibility index (Phi) is 3.48. The van der Waals surface area contributed by atoms with Crippen molar-refractivity contribution in [3.05, 3.63) is 29.6 Å². The number of sulfonamides is 1. The molecule has 0 bridgehead atoms. The van der Waals surface area contributed by atoms with E-state index in [2.05, 4.69) is 6.08 Å². The van der Waals surface area contributed by atoms with E-state index < -0.39 is 10.0 Å². The van der Waals surface area contributed by atoms with Crippen molar-refractivity contribution < 1.29 is 13.5 Å². The third-order valence-electron chi connectivity index (χ3n) is 3.94. The summed E-state index contributed by atoms with van der Waals surface area (Å²) in [6.45, 7) is 2.83. The minimum Gasteiger partial charge on any atom is -0.390 e. The molecule has 1 aliphatic heterocycles. The Labute approximate surface area is 119 Å². The second-order valence-electron chi connectivity index (χ2n) is 5.64. The average Bonchev–Trinajstić information content (AvgIpc) is 3.17. The fourth-order valence-corrected chi connectivity index (χ4v) is 4.24. The van der Waals surface area contributed by atoms with Crippen LogP contribution in [0.1, 0.15) is 37.9 Å². The van der Waals surface area contributed by atoms with Gasteiger partial charge in [0, 0.05) is 31.0 Å². The fourth-order valence-electron chi connectivity index (χ4n) is 2.69. The highest BCUT2D eigenvalue weighted by molar-refractivity contribution is 7.89. The Bertz CT molecular complexity index is 641. The topological polar surface area (TPSA) is 62.5 Å². The zero-order chi connectivity index (χ0) is 14.3. The quantitative estimate of drug-likeness (QED) is 0.860. The van der Waals surface area contributed by atoms with Gasteiger partial charge >= 0.3 is 0 Å². The molecule has 5 nitrogen and oxygen atoms in total. The maximum absolute atomic E-state index is 12.7. The highest BCUT2D eigenvalue weighted by atomic mass is 32.2. The SMILES string of the molecule is CC1=CCCN(S(=O)(=O)c2cc(CO)n(C3CC3)c2)C1. The lowest BCUT2D eigenvalue weighted by Gasteiger charge is -2.24. The van der Waals surface area contributed by atoms with Gasteiger partial charge in [0.2, 0.25) is 10.0 Å². The van der Waals surface area contributed by atoms with Crippen molar-refractivity contribution in [2.45, 2.75) is 43.7 Å². The molecule has 6 heteroatoms. The van der Waals surface area contributed by atoms with Crippen molar-refractivity contribution in [1.29, 1.82) is 0 Å². The molecule has 1 aliphatic carbocycles. The van der Waals surface area contributed by atoms with Gasteiger partial charge in [0.05, 0.1) is 6.61 Å². The maximum atomic E-state index is 12.7. The molecule has 110 valence electrons. The molecule has 0 aromatic carbocycles. The number of aromatic nitrogens is 1. The third-order valence-corrected chi connectivity index (χ3v) is 5.75. The van der Waals surface area contributed by atoms with Crippen molar-refractivity contribution in [2.24, 2.45) is 0 Å². The first kappa shape index (κ1) is 13.9. The van der Waals surface area contributed by atoms with E-state index in [4.69, 9.17) is 0 Å². The van der Waals surface area contributed by atoms with Gasteiger partial charge in [-0.1, -0.05) is 11.6 Å². The summed E-state index contributed by atoms with van der Waals surface area (Å²) in [5, 5.41) is 9.39. The fraction of sp³-hybridized carbons (Fsp3) is 0.571. The predicted molar refractivity (Wildman–Crippen MR) is 75.8 cm³/mol. The van der Waals surface area contributed by atoms with Gasteiger partial charge in [0.15, 0.2) is 0 Å². The second kappa shape index (κ2) is 5.02. The van der Waals surface area contributed by atoms with Crippen LogP contribution in [0.4, 0.5) is 0 Å². The molecule has 2 aliphatic rings. The second-order valence-corrected chi connectivity index (χ2v) is 7.58. The van der Waals surface area contributed by atoms with Crippen LogP contribution in [0.5, 0.6) is 0 Å². The summed E-state index contributed by atoms with van der Waals surface area (Å²) in [5.41, 5.74) is 1.78. The minimum atomic E-state index is -3.45. The first-order valence-corrected chi connectivity index (χ1v) is 8.44. The zero-order valence-corrected chi connectivity index (χ0v) is 12.4. The van der Waals surface area contributed by atoms with Crippen LogP contribution >= 0.6 is 0 Å². The van der Waals surface area contributed by atoms with E-state index in [1.165, 1.54) is 4.31 Å². The van der Waals surface area contributed by atoms with Crippen LogP contribution in [-0.2, 0) is 16.6 Å². The van der Waals surface area contributed by atoms with Crippen LogP contribution in [0.2, 0.25) is 0 Å².